The first-order valence-corrected chi connectivity index (χ1v) is 9.58. The summed E-state index contributed by atoms with van der Waals surface area (Å²) in [5, 5.41) is 8.65. The highest BCUT2D eigenvalue weighted by Gasteiger charge is 2.38. The molecular weight excluding hydrogens is 467 g/mol. The number of carbonyl (C=O) groups is 1. The van der Waals surface area contributed by atoms with Crippen molar-refractivity contribution in [2.75, 3.05) is 0 Å². The van der Waals surface area contributed by atoms with E-state index < -0.39 is 69.5 Å². The number of benzene rings is 2. The van der Waals surface area contributed by atoms with E-state index in [4.69, 9.17) is 9.84 Å². The van der Waals surface area contributed by atoms with E-state index in [0.717, 1.165) is 24.3 Å². The van der Waals surface area contributed by atoms with Crippen molar-refractivity contribution in [3.05, 3.63) is 69.6 Å². The lowest BCUT2D eigenvalue weighted by Gasteiger charge is -2.13. The molecule has 32 heavy (non-hydrogen) atoms. The van der Waals surface area contributed by atoms with Gasteiger partial charge in [0.1, 0.15) is 23.1 Å². The van der Waals surface area contributed by atoms with Crippen LogP contribution in [-0.2, 0) is 24.0 Å². The minimum atomic E-state index is -4.91. The maximum atomic E-state index is 14.3. The van der Waals surface area contributed by atoms with Gasteiger partial charge in [-0.25, -0.2) is 17.6 Å². The standard InChI is InChI=1S/C20H12F7NO3S/c21-10-2-3-11(13(22)7-10)17-12(19(32-28-17)20(25,26)27)8-31-18-14(23)5-9(6-15(18)24)1-4-16(29)30/h2-3,5-7H,1,4,8H2,(H,29,30). The summed E-state index contributed by atoms with van der Waals surface area (Å²) in [5.74, 6) is -6.81. The van der Waals surface area contributed by atoms with Crippen molar-refractivity contribution in [3.63, 3.8) is 0 Å². The van der Waals surface area contributed by atoms with Crippen molar-refractivity contribution in [1.29, 1.82) is 0 Å². The Morgan fingerprint density at radius 3 is 2.25 bits per heavy atom. The first kappa shape index (κ1) is 23.5. The average molecular weight is 479 g/mol. The summed E-state index contributed by atoms with van der Waals surface area (Å²) in [4.78, 5) is 9.32. The largest absolute Gasteiger partial charge is 0.483 e. The number of halogens is 7. The van der Waals surface area contributed by atoms with Crippen LogP contribution in [0.2, 0.25) is 0 Å². The fourth-order valence-corrected chi connectivity index (χ4v) is 3.61. The molecule has 0 radical (unpaired) electrons. The maximum absolute atomic E-state index is 14.3. The molecule has 0 unspecified atom stereocenters. The van der Waals surface area contributed by atoms with Crippen LogP contribution in [0.15, 0.2) is 30.3 Å². The van der Waals surface area contributed by atoms with Gasteiger partial charge in [-0.3, -0.25) is 4.79 Å². The number of carboxylic acid groups (broad SMARTS) is 1. The molecule has 0 saturated heterocycles. The Balaban J connectivity index is 1.95. The SMILES string of the molecule is O=C(O)CCc1cc(F)c(OCc2c(-c3ccc(F)cc3F)nsc2C(F)(F)F)c(F)c1. The monoisotopic (exact) mass is 479 g/mol. The zero-order chi connectivity index (χ0) is 23.6. The Labute approximate surface area is 180 Å². The summed E-state index contributed by atoms with van der Waals surface area (Å²) in [6.45, 7) is -1.01. The third-order valence-corrected chi connectivity index (χ3v) is 5.21. The summed E-state index contributed by atoms with van der Waals surface area (Å²) in [6.07, 6.45) is -5.48. The van der Waals surface area contributed by atoms with Gasteiger partial charge in [-0.1, -0.05) is 0 Å². The van der Waals surface area contributed by atoms with Gasteiger partial charge in [-0.05, 0) is 47.8 Å². The second kappa shape index (κ2) is 9.15. The molecule has 0 spiro atoms. The second-order valence-corrected chi connectivity index (χ2v) is 7.31. The smallest absolute Gasteiger partial charge is 0.427 e. The van der Waals surface area contributed by atoms with Crippen LogP contribution >= 0.6 is 11.5 Å². The molecule has 1 heterocycles. The van der Waals surface area contributed by atoms with Crippen LogP contribution in [0.4, 0.5) is 30.7 Å². The molecule has 1 aromatic heterocycles. The molecule has 0 aliphatic heterocycles. The maximum Gasteiger partial charge on any atom is 0.427 e. The van der Waals surface area contributed by atoms with Crippen LogP contribution in [0.25, 0.3) is 11.3 Å². The fourth-order valence-electron chi connectivity index (χ4n) is 2.85. The van der Waals surface area contributed by atoms with Gasteiger partial charge in [0.15, 0.2) is 17.4 Å². The molecule has 2 aromatic carbocycles. The molecule has 3 rings (SSSR count). The Kier molecular flexibility index (Phi) is 6.72. The number of nitrogens with zero attached hydrogens (tertiary/aromatic N) is 1. The van der Waals surface area contributed by atoms with E-state index >= 15 is 0 Å². The zero-order valence-electron chi connectivity index (χ0n) is 15.8. The molecule has 0 atom stereocenters. The molecule has 0 fully saturated rings. The van der Waals surface area contributed by atoms with Crippen LogP contribution in [0, 0.1) is 23.3 Å². The highest BCUT2D eigenvalue weighted by molar-refractivity contribution is 7.06. The van der Waals surface area contributed by atoms with E-state index in [9.17, 15) is 35.5 Å². The molecule has 0 saturated carbocycles. The highest BCUT2D eigenvalue weighted by atomic mass is 32.1. The first-order valence-electron chi connectivity index (χ1n) is 8.81. The lowest BCUT2D eigenvalue weighted by molar-refractivity contribution is -0.137. The third kappa shape index (κ3) is 5.18. The van der Waals surface area contributed by atoms with Crippen LogP contribution in [0.5, 0.6) is 5.75 Å². The van der Waals surface area contributed by atoms with E-state index in [1.165, 1.54) is 0 Å². The van der Waals surface area contributed by atoms with Crippen LogP contribution in [-0.4, -0.2) is 15.4 Å². The van der Waals surface area contributed by atoms with Gasteiger partial charge >= 0.3 is 12.1 Å². The van der Waals surface area contributed by atoms with Crippen LogP contribution in [0.1, 0.15) is 22.4 Å². The topological polar surface area (TPSA) is 59.4 Å². The van der Waals surface area contributed by atoms with Gasteiger partial charge in [0.2, 0.25) is 0 Å². The van der Waals surface area contributed by atoms with Gasteiger partial charge in [0, 0.05) is 23.6 Å². The molecule has 12 heteroatoms. The lowest BCUT2D eigenvalue weighted by Crippen LogP contribution is -2.10. The summed E-state index contributed by atoms with van der Waals surface area (Å²) >= 11 is -0.0124. The number of ether oxygens (including phenoxy) is 1. The molecule has 3 aromatic rings. The first-order chi connectivity index (χ1) is 15.0. The Morgan fingerprint density at radius 2 is 1.69 bits per heavy atom. The number of hydrogen-bond donors (Lipinski definition) is 1. The van der Waals surface area contributed by atoms with Gasteiger partial charge in [0.05, 0.1) is 5.69 Å². The van der Waals surface area contributed by atoms with E-state index in [-0.39, 0.29) is 29.9 Å². The summed E-state index contributed by atoms with van der Waals surface area (Å²) < 4.78 is 105. The second-order valence-electron chi connectivity index (χ2n) is 6.53. The predicted octanol–water partition coefficient (Wildman–Crippen LogP) is 5.98. The highest BCUT2D eigenvalue weighted by Crippen LogP contribution is 2.41. The van der Waals surface area contributed by atoms with Gasteiger partial charge in [0.25, 0.3) is 0 Å². The molecular formula is C20H12F7NO3S. The van der Waals surface area contributed by atoms with Crippen LogP contribution < -0.4 is 4.74 Å². The number of rotatable bonds is 7. The van der Waals surface area contributed by atoms with Crippen molar-refractivity contribution in [2.45, 2.75) is 25.6 Å². The Hall–Kier alpha value is -3.15. The van der Waals surface area contributed by atoms with E-state index in [2.05, 4.69) is 4.37 Å². The molecule has 0 amide bonds. The molecule has 0 aliphatic rings. The number of aryl methyl sites for hydroxylation is 1. The Morgan fingerprint density at radius 1 is 1.03 bits per heavy atom. The van der Waals surface area contributed by atoms with E-state index in [1.54, 1.807) is 0 Å². The van der Waals surface area contributed by atoms with Crippen molar-refractivity contribution in [3.8, 4) is 17.0 Å². The molecule has 0 bridgehead atoms. The van der Waals surface area contributed by atoms with Crippen molar-refractivity contribution in [2.24, 2.45) is 0 Å². The van der Waals surface area contributed by atoms with E-state index in [1.807, 2.05) is 0 Å². The van der Waals surface area contributed by atoms with Gasteiger partial charge in [-0.2, -0.15) is 17.5 Å². The number of aliphatic carboxylic acids is 1. The average Bonchev–Trinajstić information content (AvgIpc) is 3.10. The number of aromatic nitrogens is 1. The quantitative estimate of drug-likeness (QED) is 0.424. The fraction of sp³-hybridized carbons (Fsp3) is 0.200. The van der Waals surface area contributed by atoms with E-state index in [0.29, 0.717) is 6.07 Å². The third-order valence-electron chi connectivity index (χ3n) is 4.28. The minimum absolute atomic E-state index is 0.0111. The molecule has 170 valence electrons. The zero-order valence-corrected chi connectivity index (χ0v) is 16.6. The van der Waals surface area contributed by atoms with Crippen molar-refractivity contribution >= 4 is 17.5 Å². The summed E-state index contributed by atoms with van der Waals surface area (Å²) in [6, 6.07) is 3.78. The molecule has 4 nitrogen and oxygen atoms in total. The summed E-state index contributed by atoms with van der Waals surface area (Å²) in [5.41, 5.74) is -1.61. The number of hydrogen-bond acceptors (Lipinski definition) is 4. The van der Waals surface area contributed by atoms with Gasteiger partial charge in [-0.15, -0.1) is 0 Å². The lowest BCUT2D eigenvalue weighted by atomic mass is 10.1. The summed E-state index contributed by atoms with van der Waals surface area (Å²) in [7, 11) is 0. The predicted molar refractivity (Wildman–Crippen MR) is 99.1 cm³/mol. The normalized spacial score (nSPS) is 11.6. The Bertz CT molecular complexity index is 1140. The van der Waals surface area contributed by atoms with Crippen molar-refractivity contribution in [1.82, 2.24) is 4.37 Å². The molecule has 1 N–H and O–H groups in total. The van der Waals surface area contributed by atoms with Crippen LogP contribution in [0.3, 0.4) is 0 Å². The minimum Gasteiger partial charge on any atom is -0.483 e. The molecule has 0 aliphatic carbocycles. The van der Waals surface area contributed by atoms with Gasteiger partial charge < -0.3 is 9.84 Å². The van der Waals surface area contributed by atoms with Crippen molar-refractivity contribution < 1.29 is 45.4 Å². The number of carboxylic acids is 1. The number of alkyl halides is 3.